The summed E-state index contributed by atoms with van der Waals surface area (Å²) in [7, 11) is 0. The van der Waals surface area contributed by atoms with E-state index in [4.69, 9.17) is 4.74 Å². The molecule has 26 heavy (non-hydrogen) atoms. The first-order valence-corrected chi connectivity index (χ1v) is 9.61. The van der Waals surface area contributed by atoms with Crippen LogP contribution in [-0.4, -0.2) is 34.9 Å². The molecule has 1 atom stereocenters. The number of nitrogens with zero attached hydrogens (tertiary/aromatic N) is 1. The summed E-state index contributed by atoms with van der Waals surface area (Å²) < 4.78 is 5.73. The topological polar surface area (TPSA) is 62.0 Å². The van der Waals surface area contributed by atoms with Gasteiger partial charge < -0.3 is 14.9 Å². The molecular weight excluding hydrogens is 326 g/mol. The third kappa shape index (κ3) is 4.40. The van der Waals surface area contributed by atoms with Gasteiger partial charge in [0.25, 0.3) is 0 Å². The van der Waals surface area contributed by atoms with E-state index >= 15 is 0 Å². The zero-order valence-electron chi connectivity index (χ0n) is 17.4. The van der Waals surface area contributed by atoms with Crippen LogP contribution in [0, 0.1) is 0 Å². The molecule has 0 aromatic heterocycles. The maximum absolute atomic E-state index is 10.8. The van der Waals surface area contributed by atoms with Gasteiger partial charge in [0, 0.05) is 6.42 Å². The Kier molecular flexibility index (Phi) is 5.77. The number of aromatic hydroxyl groups is 1. The van der Waals surface area contributed by atoms with Crippen LogP contribution in [0.3, 0.4) is 0 Å². The molecule has 0 amide bonds. The predicted molar refractivity (Wildman–Crippen MR) is 107 cm³/mol. The van der Waals surface area contributed by atoms with E-state index in [9.17, 15) is 10.2 Å². The molecule has 2 N–H and O–H groups in total. The fraction of sp³-hybridized carbons (Fsp3) is 0.682. The minimum absolute atomic E-state index is 0.0224. The zero-order valence-corrected chi connectivity index (χ0v) is 17.4. The molecule has 1 aliphatic heterocycles. The van der Waals surface area contributed by atoms with Gasteiger partial charge in [-0.15, -0.1) is 0 Å². The number of phenolic OH excluding ortho intramolecular Hbond substituents is 1. The van der Waals surface area contributed by atoms with Gasteiger partial charge in [-0.05, 0) is 40.4 Å². The van der Waals surface area contributed by atoms with E-state index in [2.05, 4.69) is 58.7 Å². The molecule has 0 spiro atoms. The Morgan fingerprint density at radius 2 is 1.58 bits per heavy atom. The van der Waals surface area contributed by atoms with Gasteiger partial charge >= 0.3 is 0 Å². The van der Waals surface area contributed by atoms with Gasteiger partial charge in [0.1, 0.15) is 17.9 Å². The van der Waals surface area contributed by atoms with E-state index in [0.29, 0.717) is 18.8 Å². The first kappa shape index (κ1) is 20.8. The molecule has 2 rings (SSSR count). The highest BCUT2D eigenvalue weighted by Crippen LogP contribution is 2.40. The van der Waals surface area contributed by atoms with E-state index in [-0.39, 0.29) is 17.4 Å². The summed E-state index contributed by atoms with van der Waals surface area (Å²) in [5, 5.41) is 20.4. The van der Waals surface area contributed by atoms with Crippen molar-refractivity contribution in [2.24, 2.45) is 4.99 Å². The molecule has 146 valence electrons. The van der Waals surface area contributed by atoms with Gasteiger partial charge in [0.2, 0.25) is 0 Å². The molecule has 0 fully saturated rings. The van der Waals surface area contributed by atoms with Gasteiger partial charge in [-0.2, -0.15) is 0 Å². The Morgan fingerprint density at radius 3 is 1.96 bits per heavy atom. The minimum Gasteiger partial charge on any atom is -0.507 e. The maximum atomic E-state index is 10.8. The van der Waals surface area contributed by atoms with Crippen molar-refractivity contribution in [1.29, 1.82) is 0 Å². The number of benzene rings is 1. The summed E-state index contributed by atoms with van der Waals surface area (Å²) in [5.41, 5.74) is 2.42. The van der Waals surface area contributed by atoms with Gasteiger partial charge in [-0.1, -0.05) is 60.6 Å². The molecule has 0 radical (unpaired) electrons. The van der Waals surface area contributed by atoms with Crippen LogP contribution in [0.1, 0.15) is 78.0 Å². The molecule has 1 heterocycles. The third-order valence-corrected chi connectivity index (χ3v) is 5.24. The van der Waals surface area contributed by atoms with Crippen LogP contribution < -0.4 is 0 Å². The predicted octanol–water partition coefficient (Wildman–Crippen LogP) is 4.49. The lowest BCUT2D eigenvalue weighted by Gasteiger charge is -2.28. The van der Waals surface area contributed by atoms with Crippen LogP contribution in [0.4, 0.5) is 0 Å². The summed E-state index contributed by atoms with van der Waals surface area (Å²) in [5.74, 6) is 1.14. The van der Waals surface area contributed by atoms with Crippen LogP contribution in [0.5, 0.6) is 5.75 Å². The van der Waals surface area contributed by atoms with Gasteiger partial charge in [0.15, 0.2) is 5.90 Å². The number of hydrogen-bond acceptors (Lipinski definition) is 4. The van der Waals surface area contributed by atoms with Crippen molar-refractivity contribution in [2.45, 2.75) is 84.1 Å². The van der Waals surface area contributed by atoms with Crippen LogP contribution in [0.2, 0.25) is 0 Å². The SMILES string of the molecule is CCC1(CO)COC(CCc2cc(C(C)(C)C)c(O)c(C(C)(C)C)c2)=N1. The molecule has 4 nitrogen and oxygen atoms in total. The summed E-state index contributed by atoms with van der Waals surface area (Å²) in [6.45, 7) is 15.3. The number of ether oxygens (including phenoxy) is 1. The second-order valence-corrected chi connectivity index (χ2v) is 9.57. The molecule has 1 aliphatic rings. The lowest BCUT2D eigenvalue weighted by molar-refractivity contribution is 0.153. The summed E-state index contributed by atoms with van der Waals surface area (Å²) in [4.78, 5) is 4.63. The van der Waals surface area contributed by atoms with Crippen LogP contribution >= 0.6 is 0 Å². The van der Waals surface area contributed by atoms with Crippen molar-refractivity contribution in [3.63, 3.8) is 0 Å². The van der Waals surface area contributed by atoms with Crippen molar-refractivity contribution in [3.05, 3.63) is 28.8 Å². The number of aryl methyl sites for hydroxylation is 1. The highest BCUT2D eigenvalue weighted by Gasteiger charge is 2.34. The number of phenols is 1. The van der Waals surface area contributed by atoms with Crippen molar-refractivity contribution in [3.8, 4) is 5.75 Å². The summed E-state index contributed by atoms with van der Waals surface area (Å²) in [6, 6.07) is 4.22. The minimum atomic E-state index is -0.461. The Balaban J connectivity index is 2.30. The quantitative estimate of drug-likeness (QED) is 0.812. The molecule has 1 aromatic rings. The van der Waals surface area contributed by atoms with Crippen molar-refractivity contribution < 1.29 is 14.9 Å². The average molecular weight is 362 g/mol. The fourth-order valence-corrected chi connectivity index (χ4v) is 3.28. The Hall–Kier alpha value is -1.55. The van der Waals surface area contributed by atoms with Gasteiger partial charge in [-0.25, -0.2) is 4.99 Å². The van der Waals surface area contributed by atoms with Crippen molar-refractivity contribution >= 4 is 5.90 Å². The second kappa shape index (κ2) is 7.22. The highest BCUT2D eigenvalue weighted by molar-refractivity contribution is 5.78. The normalized spacial score (nSPS) is 20.8. The third-order valence-electron chi connectivity index (χ3n) is 5.24. The molecule has 0 saturated carbocycles. The number of hydrogen-bond donors (Lipinski definition) is 2. The molecule has 1 unspecified atom stereocenters. The highest BCUT2D eigenvalue weighted by atomic mass is 16.5. The second-order valence-electron chi connectivity index (χ2n) is 9.57. The molecule has 0 saturated heterocycles. The van der Waals surface area contributed by atoms with Crippen molar-refractivity contribution in [2.75, 3.05) is 13.2 Å². The first-order valence-electron chi connectivity index (χ1n) is 9.61. The van der Waals surface area contributed by atoms with Gasteiger partial charge in [-0.3, -0.25) is 0 Å². The largest absolute Gasteiger partial charge is 0.507 e. The monoisotopic (exact) mass is 361 g/mol. The van der Waals surface area contributed by atoms with Crippen molar-refractivity contribution in [1.82, 2.24) is 0 Å². The smallest absolute Gasteiger partial charge is 0.184 e. The zero-order chi connectivity index (χ0) is 19.8. The Morgan fingerprint density at radius 1 is 1.04 bits per heavy atom. The lowest BCUT2D eigenvalue weighted by atomic mass is 9.78. The van der Waals surface area contributed by atoms with E-state index in [1.165, 1.54) is 5.56 Å². The molecule has 0 bridgehead atoms. The van der Waals surface area contributed by atoms with E-state index in [0.717, 1.165) is 29.9 Å². The number of aliphatic hydroxyl groups excluding tert-OH is 1. The van der Waals surface area contributed by atoms with Gasteiger partial charge in [0.05, 0.1) is 6.61 Å². The molecule has 1 aromatic carbocycles. The molecule has 4 heteroatoms. The maximum Gasteiger partial charge on any atom is 0.184 e. The number of rotatable bonds is 5. The van der Waals surface area contributed by atoms with E-state index in [1.54, 1.807) is 0 Å². The number of aliphatic hydroxyl groups is 1. The fourth-order valence-electron chi connectivity index (χ4n) is 3.28. The Bertz CT molecular complexity index is 639. The Labute approximate surface area is 158 Å². The van der Waals surface area contributed by atoms with Crippen LogP contribution in [-0.2, 0) is 22.0 Å². The first-order chi connectivity index (χ1) is 11.9. The molecule has 0 aliphatic carbocycles. The average Bonchev–Trinajstić information content (AvgIpc) is 2.96. The van der Waals surface area contributed by atoms with Crippen LogP contribution in [0.15, 0.2) is 17.1 Å². The van der Waals surface area contributed by atoms with E-state index in [1.807, 2.05) is 6.92 Å². The number of aliphatic imine (C=N–C) groups is 1. The lowest BCUT2D eigenvalue weighted by Crippen LogP contribution is -2.31. The summed E-state index contributed by atoms with van der Waals surface area (Å²) >= 11 is 0. The van der Waals surface area contributed by atoms with E-state index < -0.39 is 5.54 Å². The standard InChI is InChI=1S/C22H35NO3/c1-8-22(13-24)14-26-18(23-22)10-9-15-11-16(20(2,3)4)19(25)17(12-15)21(5,6)7/h11-12,24-25H,8-10,13-14H2,1-7H3. The van der Waals surface area contributed by atoms with Crippen LogP contribution in [0.25, 0.3) is 0 Å². The molecular formula is C22H35NO3. The summed E-state index contributed by atoms with van der Waals surface area (Å²) in [6.07, 6.45) is 2.28.